The number of nitrogens with zero attached hydrogens (tertiary/aromatic N) is 2. The van der Waals surface area contributed by atoms with E-state index in [1.54, 1.807) is 28.6 Å². The van der Waals surface area contributed by atoms with Crippen LogP contribution in [0.3, 0.4) is 0 Å². The van der Waals surface area contributed by atoms with Crippen LogP contribution in [0.25, 0.3) is 0 Å². The van der Waals surface area contributed by atoms with Crippen molar-refractivity contribution < 1.29 is 17.2 Å². The van der Waals surface area contributed by atoms with E-state index in [4.69, 9.17) is 0 Å². The Morgan fingerprint density at radius 1 is 0.973 bits per heavy atom. The highest BCUT2D eigenvalue weighted by molar-refractivity contribution is 7.89. The third kappa shape index (κ3) is 9.48. The molecule has 0 saturated heterocycles. The third-order valence-electron chi connectivity index (χ3n) is 7.24. The molecule has 37 heavy (non-hydrogen) atoms. The second-order valence-electron chi connectivity index (χ2n) is 10.4. The van der Waals surface area contributed by atoms with E-state index in [0.29, 0.717) is 23.8 Å². The molecule has 1 aliphatic carbocycles. The monoisotopic (exact) mass is 549 g/mol. The first-order valence-electron chi connectivity index (χ1n) is 13.4. The zero-order valence-electron chi connectivity index (χ0n) is 22.4. The molecule has 0 bridgehead atoms. The maximum Gasteiger partial charge on any atom is 0.262 e. The number of anilines is 1. The van der Waals surface area contributed by atoms with Gasteiger partial charge in [0, 0.05) is 25.7 Å². The fraction of sp³-hybridized carbons (Fsp3) is 0.571. The van der Waals surface area contributed by atoms with Gasteiger partial charge in [0.15, 0.2) is 0 Å². The summed E-state index contributed by atoms with van der Waals surface area (Å²) in [6.07, 6.45) is 7.78. The molecule has 0 aliphatic heterocycles. The first kappa shape index (κ1) is 29.8. The Bertz CT molecular complexity index is 1090. The van der Waals surface area contributed by atoms with Crippen LogP contribution in [-0.2, 0) is 21.3 Å². The Morgan fingerprint density at radius 3 is 2.16 bits per heavy atom. The standard InChI is InChI=1S/C28H43N3O4S2/c1-23-10-14-27(15-11-23)31(36(32)33)25(3)18-21-30(22-26-8-5-4-6-9-26)20-7-19-29-37(34,35)28-16-12-24(2)13-17-28/h10-17,25-26,29H,4-9,18-22H2,1-3H3,(H,32,33). The number of nitrogens with one attached hydrogen (secondary N) is 1. The first-order valence-corrected chi connectivity index (χ1v) is 16.0. The van der Waals surface area contributed by atoms with Crippen LogP contribution >= 0.6 is 0 Å². The fourth-order valence-electron chi connectivity index (χ4n) is 5.02. The summed E-state index contributed by atoms with van der Waals surface area (Å²) in [6.45, 7) is 8.87. The van der Waals surface area contributed by atoms with Gasteiger partial charge < -0.3 is 4.90 Å². The van der Waals surface area contributed by atoms with E-state index < -0.39 is 21.3 Å². The van der Waals surface area contributed by atoms with E-state index in [9.17, 15) is 17.2 Å². The van der Waals surface area contributed by atoms with Crippen LogP contribution in [0.4, 0.5) is 5.69 Å². The summed E-state index contributed by atoms with van der Waals surface area (Å²) in [5.41, 5.74) is 2.87. The Morgan fingerprint density at radius 2 is 1.57 bits per heavy atom. The van der Waals surface area contributed by atoms with Gasteiger partial charge in [-0.3, -0.25) is 8.86 Å². The summed E-state index contributed by atoms with van der Waals surface area (Å²) in [4.78, 5) is 2.71. The minimum Gasteiger partial charge on any atom is -0.303 e. The molecule has 0 heterocycles. The molecular weight excluding hydrogens is 506 g/mol. The number of hydrogen-bond acceptors (Lipinski definition) is 4. The lowest BCUT2D eigenvalue weighted by molar-refractivity contribution is 0.194. The second-order valence-corrected chi connectivity index (χ2v) is 13.0. The molecule has 1 aliphatic rings. The minimum absolute atomic E-state index is 0.123. The molecule has 9 heteroatoms. The van der Waals surface area contributed by atoms with Gasteiger partial charge in [-0.15, -0.1) is 0 Å². The van der Waals surface area contributed by atoms with Crippen molar-refractivity contribution in [2.75, 3.05) is 30.5 Å². The van der Waals surface area contributed by atoms with E-state index in [1.165, 1.54) is 32.1 Å². The predicted octanol–water partition coefficient (Wildman–Crippen LogP) is 5.28. The van der Waals surface area contributed by atoms with Gasteiger partial charge in [-0.05, 0) is 83.2 Å². The number of sulfonamides is 1. The van der Waals surface area contributed by atoms with Gasteiger partial charge in [-0.1, -0.05) is 54.7 Å². The highest BCUT2D eigenvalue weighted by Gasteiger charge is 2.23. The average Bonchev–Trinajstić information content (AvgIpc) is 2.87. The number of rotatable bonds is 14. The summed E-state index contributed by atoms with van der Waals surface area (Å²) in [5.74, 6) is 0.661. The molecule has 2 N–H and O–H groups in total. The second kappa shape index (κ2) is 14.4. The van der Waals surface area contributed by atoms with Crippen molar-refractivity contribution in [2.24, 2.45) is 5.92 Å². The molecule has 0 spiro atoms. The van der Waals surface area contributed by atoms with E-state index in [-0.39, 0.29) is 6.04 Å². The Kier molecular flexibility index (Phi) is 11.6. The first-order chi connectivity index (χ1) is 17.7. The smallest absolute Gasteiger partial charge is 0.262 e. The highest BCUT2D eigenvalue weighted by atomic mass is 32.2. The van der Waals surface area contributed by atoms with Crippen molar-refractivity contribution in [3.8, 4) is 0 Å². The van der Waals surface area contributed by atoms with Crippen LogP contribution in [-0.4, -0.2) is 54.3 Å². The van der Waals surface area contributed by atoms with Gasteiger partial charge in [0.05, 0.1) is 10.6 Å². The molecule has 3 rings (SSSR count). The molecule has 1 fully saturated rings. The van der Waals surface area contributed by atoms with Crippen LogP contribution in [0.15, 0.2) is 53.4 Å². The van der Waals surface area contributed by atoms with E-state index in [2.05, 4.69) is 9.62 Å². The Hall–Kier alpha value is -1.78. The van der Waals surface area contributed by atoms with Crippen molar-refractivity contribution in [1.29, 1.82) is 0 Å². The molecule has 2 atom stereocenters. The summed E-state index contributed by atoms with van der Waals surface area (Å²) in [6, 6.07) is 14.5. The molecule has 0 aromatic heterocycles. The molecule has 2 unspecified atom stereocenters. The summed E-state index contributed by atoms with van der Waals surface area (Å²) in [5, 5.41) is 0. The lowest BCUT2D eigenvalue weighted by Gasteiger charge is -2.32. The average molecular weight is 550 g/mol. The lowest BCUT2D eigenvalue weighted by atomic mass is 9.89. The van der Waals surface area contributed by atoms with Crippen molar-refractivity contribution in [3.63, 3.8) is 0 Å². The molecule has 0 amide bonds. The zero-order chi connectivity index (χ0) is 26.8. The molecule has 2 aromatic rings. The predicted molar refractivity (Wildman–Crippen MR) is 153 cm³/mol. The van der Waals surface area contributed by atoms with E-state index in [0.717, 1.165) is 42.9 Å². The van der Waals surface area contributed by atoms with Crippen LogP contribution in [0, 0.1) is 19.8 Å². The Labute approximate surface area is 226 Å². The van der Waals surface area contributed by atoms with Gasteiger partial charge in [-0.2, -0.15) is 0 Å². The minimum atomic E-state index is -3.52. The van der Waals surface area contributed by atoms with Crippen molar-refractivity contribution >= 4 is 27.0 Å². The SMILES string of the molecule is Cc1ccc(N(C(C)CCN(CCCNS(=O)(=O)c2ccc(C)cc2)CC2CCCCC2)S(=O)O)cc1. The maximum absolute atomic E-state index is 12.6. The van der Waals surface area contributed by atoms with Gasteiger partial charge in [0.25, 0.3) is 11.3 Å². The molecular formula is C28H43N3O4S2. The van der Waals surface area contributed by atoms with Gasteiger partial charge >= 0.3 is 0 Å². The van der Waals surface area contributed by atoms with Crippen molar-refractivity contribution in [2.45, 2.75) is 76.7 Å². The van der Waals surface area contributed by atoms with Crippen LogP contribution in [0.2, 0.25) is 0 Å². The summed E-state index contributed by atoms with van der Waals surface area (Å²) in [7, 11) is -3.52. The van der Waals surface area contributed by atoms with Gasteiger partial charge in [-0.25, -0.2) is 17.3 Å². The molecule has 206 valence electrons. The van der Waals surface area contributed by atoms with Gasteiger partial charge in [0.2, 0.25) is 10.0 Å². The quantitative estimate of drug-likeness (QED) is 0.247. The van der Waals surface area contributed by atoms with E-state index in [1.807, 2.05) is 45.0 Å². The highest BCUT2D eigenvalue weighted by Crippen LogP contribution is 2.25. The van der Waals surface area contributed by atoms with Crippen LogP contribution in [0.1, 0.15) is 63.0 Å². The number of benzene rings is 2. The van der Waals surface area contributed by atoms with E-state index >= 15 is 0 Å². The normalized spacial score (nSPS) is 16.6. The number of aryl methyl sites for hydroxylation is 2. The molecule has 2 aromatic carbocycles. The van der Waals surface area contributed by atoms with Crippen LogP contribution in [0.5, 0.6) is 0 Å². The largest absolute Gasteiger partial charge is 0.303 e. The summed E-state index contributed by atoms with van der Waals surface area (Å²) >= 11 is -2.11. The molecule has 1 saturated carbocycles. The van der Waals surface area contributed by atoms with Gasteiger partial charge in [0.1, 0.15) is 0 Å². The molecule has 7 nitrogen and oxygen atoms in total. The lowest BCUT2D eigenvalue weighted by Crippen LogP contribution is -2.40. The topological polar surface area (TPSA) is 90.0 Å². The Balaban J connectivity index is 1.57. The molecule has 0 radical (unpaired) electrons. The fourth-order valence-corrected chi connectivity index (χ4v) is 6.81. The third-order valence-corrected chi connectivity index (χ3v) is 9.62. The number of hydrogen-bond donors (Lipinski definition) is 2. The maximum atomic E-state index is 12.6. The van der Waals surface area contributed by atoms with Crippen molar-refractivity contribution in [3.05, 3.63) is 59.7 Å². The van der Waals surface area contributed by atoms with Crippen LogP contribution < -0.4 is 9.03 Å². The summed E-state index contributed by atoms with van der Waals surface area (Å²) < 4.78 is 51.8. The zero-order valence-corrected chi connectivity index (χ0v) is 24.1. The van der Waals surface area contributed by atoms with Crippen molar-refractivity contribution in [1.82, 2.24) is 9.62 Å².